The minimum atomic E-state index is -0.287. The lowest BCUT2D eigenvalue weighted by atomic mass is 10.0. The first-order valence-corrected chi connectivity index (χ1v) is 9.09. The smallest absolute Gasteiger partial charge is 0.277 e. The number of fused-ring (bicyclic) bond motifs is 2. The fourth-order valence-corrected chi connectivity index (χ4v) is 3.88. The van der Waals surface area contributed by atoms with Gasteiger partial charge in [-0.15, -0.1) is 5.10 Å². The maximum absolute atomic E-state index is 12.3. The molecule has 0 atom stereocenters. The summed E-state index contributed by atoms with van der Waals surface area (Å²) >= 11 is 1.21. The molecule has 26 heavy (non-hydrogen) atoms. The Labute approximate surface area is 151 Å². The Kier molecular flexibility index (Phi) is 4.29. The van der Waals surface area contributed by atoms with E-state index in [0.717, 1.165) is 18.5 Å². The van der Waals surface area contributed by atoms with Gasteiger partial charge in [0.15, 0.2) is 10.9 Å². The van der Waals surface area contributed by atoms with Crippen molar-refractivity contribution in [3.8, 4) is 0 Å². The number of carbonyl (C=O) groups is 2. The predicted octanol–water partition coefficient (Wildman–Crippen LogP) is 1.80. The van der Waals surface area contributed by atoms with E-state index in [0.29, 0.717) is 27.3 Å². The molecular weight excluding hydrogens is 354 g/mol. The average Bonchev–Trinajstić information content (AvgIpc) is 3.05. The van der Waals surface area contributed by atoms with Crippen LogP contribution in [0.2, 0.25) is 0 Å². The van der Waals surface area contributed by atoms with Crippen LogP contribution in [0.15, 0.2) is 29.1 Å². The Morgan fingerprint density at radius 1 is 1.23 bits per heavy atom. The van der Waals surface area contributed by atoms with Crippen LogP contribution in [0.3, 0.4) is 0 Å². The molecule has 9 heteroatoms. The van der Waals surface area contributed by atoms with Crippen molar-refractivity contribution in [2.75, 3.05) is 5.32 Å². The summed E-state index contributed by atoms with van der Waals surface area (Å²) in [4.78, 5) is 41.3. The fraction of sp³-hybridized carbons (Fsp3) is 0.294. The molecule has 1 aromatic carbocycles. The molecule has 0 saturated heterocycles. The molecule has 1 aliphatic rings. The summed E-state index contributed by atoms with van der Waals surface area (Å²) in [7, 11) is 0. The topological polar surface area (TPSA) is 107 Å². The summed E-state index contributed by atoms with van der Waals surface area (Å²) in [5.41, 5.74) is 1.01. The Balaban J connectivity index is 1.44. The van der Waals surface area contributed by atoms with Crippen molar-refractivity contribution in [1.29, 1.82) is 0 Å². The largest absolute Gasteiger partial charge is 0.302 e. The van der Waals surface area contributed by atoms with Crippen LogP contribution in [0.5, 0.6) is 0 Å². The number of amides is 1. The number of aryl methyl sites for hydroxylation is 2. The number of benzene rings is 1. The summed E-state index contributed by atoms with van der Waals surface area (Å²) < 4.78 is 1.18. The molecule has 1 N–H and O–H groups in total. The predicted molar refractivity (Wildman–Crippen MR) is 96.4 cm³/mol. The van der Waals surface area contributed by atoms with E-state index in [-0.39, 0.29) is 30.2 Å². The Hall–Kier alpha value is -2.94. The van der Waals surface area contributed by atoms with Crippen LogP contribution in [-0.4, -0.2) is 31.7 Å². The Bertz CT molecular complexity index is 1070. The second kappa shape index (κ2) is 6.75. The molecule has 1 aliphatic carbocycles. The van der Waals surface area contributed by atoms with Crippen molar-refractivity contribution in [2.24, 2.45) is 0 Å². The number of hydrogen-bond acceptors (Lipinski definition) is 7. The number of thiazole rings is 1. The summed E-state index contributed by atoms with van der Waals surface area (Å²) in [6.45, 7) is 0.118. The molecule has 0 saturated carbocycles. The van der Waals surface area contributed by atoms with E-state index in [9.17, 15) is 14.4 Å². The van der Waals surface area contributed by atoms with E-state index in [1.807, 2.05) is 0 Å². The van der Waals surface area contributed by atoms with Crippen LogP contribution in [0.4, 0.5) is 5.13 Å². The first kappa shape index (κ1) is 16.5. The molecule has 0 aliphatic heterocycles. The highest BCUT2D eigenvalue weighted by Gasteiger charge is 2.22. The van der Waals surface area contributed by atoms with Gasteiger partial charge in [-0.3, -0.25) is 14.4 Å². The normalized spacial score (nSPS) is 13.6. The van der Waals surface area contributed by atoms with Crippen LogP contribution in [0.25, 0.3) is 10.9 Å². The van der Waals surface area contributed by atoms with Crippen molar-refractivity contribution >= 4 is 39.1 Å². The number of hydrogen-bond donors (Lipinski definition) is 1. The van der Waals surface area contributed by atoms with Gasteiger partial charge in [0.05, 0.1) is 22.5 Å². The number of carbonyl (C=O) groups excluding carboxylic acids is 2. The number of ketones is 1. The summed E-state index contributed by atoms with van der Waals surface area (Å²) in [5, 5.41) is 11.4. The third kappa shape index (κ3) is 3.13. The molecule has 0 fully saturated rings. The molecule has 3 aromatic rings. The fourth-order valence-electron chi connectivity index (χ4n) is 2.88. The van der Waals surface area contributed by atoms with E-state index in [2.05, 4.69) is 20.6 Å². The number of nitrogens with one attached hydrogen (secondary N) is 1. The second-order valence-electron chi connectivity index (χ2n) is 6.00. The monoisotopic (exact) mass is 369 g/mol. The van der Waals surface area contributed by atoms with Gasteiger partial charge in [-0.25, -0.2) is 9.67 Å². The number of aromatic nitrogens is 4. The van der Waals surface area contributed by atoms with Crippen molar-refractivity contribution in [1.82, 2.24) is 20.0 Å². The first-order chi connectivity index (χ1) is 12.6. The van der Waals surface area contributed by atoms with Gasteiger partial charge in [0, 0.05) is 12.8 Å². The summed E-state index contributed by atoms with van der Waals surface area (Å²) in [6.07, 6.45) is 2.15. The zero-order valence-corrected chi connectivity index (χ0v) is 14.6. The molecule has 132 valence electrons. The maximum atomic E-state index is 12.3. The number of rotatable bonds is 4. The van der Waals surface area contributed by atoms with Gasteiger partial charge in [-0.1, -0.05) is 28.7 Å². The minimum Gasteiger partial charge on any atom is -0.302 e. The average molecular weight is 369 g/mol. The Morgan fingerprint density at radius 2 is 2.08 bits per heavy atom. The van der Waals surface area contributed by atoms with Crippen molar-refractivity contribution in [3.05, 3.63) is 45.2 Å². The lowest BCUT2D eigenvalue weighted by molar-refractivity contribution is -0.116. The van der Waals surface area contributed by atoms with Gasteiger partial charge in [0.2, 0.25) is 5.91 Å². The van der Waals surface area contributed by atoms with Crippen molar-refractivity contribution < 1.29 is 9.59 Å². The summed E-state index contributed by atoms with van der Waals surface area (Å²) in [5.74, 6) is -0.201. The van der Waals surface area contributed by atoms with Crippen LogP contribution in [-0.2, 0) is 17.8 Å². The SMILES string of the molecule is O=C(CCn1nnc2ccccc2c1=O)Nc1nc2c(s1)C(=O)CCC2. The number of anilines is 1. The van der Waals surface area contributed by atoms with Crippen molar-refractivity contribution in [2.45, 2.75) is 32.2 Å². The van der Waals surface area contributed by atoms with E-state index >= 15 is 0 Å². The summed E-state index contributed by atoms with van der Waals surface area (Å²) in [6, 6.07) is 6.94. The van der Waals surface area contributed by atoms with Gasteiger partial charge in [-0.05, 0) is 25.0 Å². The molecule has 2 heterocycles. The highest BCUT2D eigenvalue weighted by molar-refractivity contribution is 7.17. The van der Waals surface area contributed by atoms with Gasteiger partial charge in [0.1, 0.15) is 5.52 Å². The number of Topliss-reactive ketones (excluding diaryl/α,β-unsaturated/α-hetero) is 1. The first-order valence-electron chi connectivity index (χ1n) is 8.27. The van der Waals surface area contributed by atoms with Crippen LogP contribution in [0, 0.1) is 0 Å². The van der Waals surface area contributed by atoms with Gasteiger partial charge >= 0.3 is 0 Å². The molecule has 0 bridgehead atoms. The van der Waals surface area contributed by atoms with Crippen LogP contribution in [0.1, 0.15) is 34.6 Å². The van der Waals surface area contributed by atoms with Gasteiger partial charge in [0.25, 0.3) is 5.56 Å². The molecule has 0 unspecified atom stereocenters. The van der Waals surface area contributed by atoms with Crippen LogP contribution < -0.4 is 10.9 Å². The molecule has 8 nitrogen and oxygen atoms in total. The zero-order valence-electron chi connectivity index (χ0n) is 13.8. The van der Waals surface area contributed by atoms with E-state index in [4.69, 9.17) is 0 Å². The quantitative estimate of drug-likeness (QED) is 0.751. The third-order valence-electron chi connectivity index (χ3n) is 4.19. The Morgan fingerprint density at radius 3 is 2.92 bits per heavy atom. The minimum absolute atomic E-state index is 0.0606. The third-order valence-corrected chi connectivity index (χ3v) is 5.25. The lowest BCUT2D eigenvalue weighted by Gasteiger charge is -2.05. The van der Waals surface area contributed by atoms with Gasteiger partial charge < -0.3 is 5.32 Å². The number of nitrogens with zero attached hydrogens (tertiary/aromatic N) is 4. The molecule has 0 radical (unpaired) electrons. The zero-order chi connectivity index (χ0) is 18.1. The molecule has 0 spiro atoms. The standard InChI is InChI=1S/C17H15N5O3S/c23-13-7-3-6-12-15(13)26-17(18-12)19-14(24)8-9-22-16(25)10-4-1-2-5-11(10)20-21-22/h1-2,4-5H,3,6-9H2,(H,18,19,24). The van der Waals surface area contributed by atoms with E-state index < -0.39 is 0 Å². The molecule has 4 rings (SSSR count). The van der Waals surface area contributed by atoms with E-state index in [1.165, 1.54) is 16.0 Å². The lowest BCUT2D eigenvalue weighted by Crippen LogP contribution is -2.26. The molecule has 1 amide bonds. The van der Waals surface area contributed by atoms with E-state index in [1.54, 1.807) is 24.3 Å². The molecule has 2 aromatic heterocycles. The molecular formula is C17H15N5O3S. The van der Waals surface area contributed by atoms with Crippen molar-refractivity contribution in [3.63, 3.8) is 0 Å². The maximum Gasteiger partial charge on any atom is 0.277 e. The highest BCUT2D eigenvalue weighted by Crippen LogP contribution is 2.29. The highest BCUT2D eigenvalue weighted by atomic mass is 32.1. The second-order valence-corrected chi connectivity index (χ2v) is 7.00. The van der Waals surface area contributed by atoms with Crippen LogP contribution >= 0.6 is 11.3 Å². The van der Waals surface area contributed by atoms with Gasteiger partial charge in [-0.2, -0.15) is 0 Å².